The van der Waals surface area contributed by atoms with E-state index in [-0.39, 0.29) is 5.56 Å². The summed E-state index contributed by atoms with van der Waals surface area (Å²) in [4.78, 5) is 18.0. The van der Waals surface area contributed by atoms with Gasteiger partial charge in [-0.25, -0.2) is 4.98 Å². The second-order valence-electron chi connectivity index (χ2n) is 2.66. The van der Waals surface area contributed by atoms with Gasteiger partial charge in [-0.3, -0.25) is 4.79 Å². The van der Waals surface area contributed by atoms with Crippen LogP contribution >= 0.6 is 0 Å². The summed E-state index contributed by atoms with van der Waals surface area (Å²) >= 11 is 0. The van der Waals surface area contributed by atoms with Crippen LogP contribution in [-0.4, -0.2) is 16.5 Å². The molecule has 1 aromatic heterocycles. The van der Waals surface area contributed by atoms with Gasteiger partial charge in [0.2, 0.25) is 0 Å². The van der Waals surface area contributed by atoms with Crippen molar-refractivity contribution in [2.24, 2.45) is 0 Å². The molecule has 0 aliphatic carbocycles. The zero-order valence-corrected chi connectivity index (χ0v) is 6.27. The minimum Gasteiger partial charge on any atom is -0.369 e. The number of nitrogens with zero attached hydrogens (tertiary/aromatic N) is 1. The molecule has 2 N–H and O–H groups in total. The van der Waals surface area contributed by atoms with Gasteiger partial charge in [0.25, 0.3) is 5.56 Å². The number of aromatic amines is 1. The van der Waals surface area contributed by atoms with Crippen LogP contribution < -0.4 is 10.9 Å². The smallest absolute Gasteiger partial charge is 0.256 e. The van der Waals surface area contributed by atoms with Gasteiger partial charge < -0.3 is 10.3 Å². The molecule has 0 radical (unpaired) electrons. The van der Waals surface area contributed by atoms with Gasteiger partial charge in [0, 0.05) is 6.54 Å². The topological polar surface area (TPSA) is 57.8 Å². The molecule has 11 heavy (non-hydrogen) atoms. The molecule has 0 spiro atoms. The number of aromatic nitrogens is 2. The monoisotopic (exact) mass is 151 g/mol. The van der Waals surface area contributed by atoms with Crippen molar-refractivity contribution >= 4 is 5.82 Å². The number of nitrogens with one attached hydrogen (secondary N) is 2. The molecule has 1 aromatic rings. The number of hydrogen-bond acceptors (Lipinski definition) is 3. The van der Waals surface area contributed by atoms with Gasteiger partial charge in [-0.05, 0) is 13.3 Å². The summed E-state index contributed by atoms with van der Waals surface area (Å²) < 4.78 is 0. The summed E-state index contributed by atoms with van der Waals surface area (Å²) in [5, 5.41) is 3.05. The van der Waals surface area contributed by atoms with Gasteiger partial charge in [-0.1, -0.05) is 0 Å². The summed E-state index contributed by atoms with van der Waals surface area (Å²) in [6.07, 6.45) is 0.790. The molecule has 2 rings (SSSR count). The molecule has 58 valence electrons. The van der Waals surface area contributed by atoms with E-state index in [0.717, 1.165) is 24.3 Å². The van der Waals surface area contributed by atoms with Crippen molar-refractivity contribution in [2.75, 3.05) is 11.9 Å². The minimum atomic E-state index is -0.00231. The third-order valence-corrected chi connectivity index (χ3v) is 1.80. The van der Waals surface area contributed by atoms with Crippen molar-refractivity contribution in [3.05, 3.63) is 21.7 Å². The zero-order valence-electron chi connectivity index (χ0n) is 6.27. The maximum Gasteiger partial charge on any atom is 0.256 e. The van der Waals surface area contributed by atoms with Crippen molar-refractivity contribution in [1.29, 1.82) is 0 Å². The van der Waals surface area contributed by atoms with Crippen LogP contribution in [0, 0.1) is 6.92 Å². The van der Waals surface area contributed by atoms with Crippen LogP contribution in [0.25, 0.3) is 0 Å². The first-order chi connectivity index (χ1) is 5.27. The summed E-state index contributed by atoms with van der Waals surface area (Å²) in [6.45, 7) is 2.61. The molecule has 0 unspecified atom stereocenters. The second kappa shape index (κ2) is 2.08. The van der Waals surface area contributed by atoms with Crippen LogP contribution in [0.5, 0.6) is 0 Å². The Morgan fingerprint density at radius 3 is 3.18 bits per heavy atom. The van der Waals surface area contributed by atoms with E-state index in [1.165, 1.54) is 0 Å². The number of rotatable bonds is 0. The summed E-state index contributed by atoms with van der Waals surface area (Å²) in [5.41, 5.74) is 0.785. The molecule has 0 atom stereocenters. The van der Waals surface area contributed by atoms with Gasteiger partial charge >= 0.3 is 0 Å². The van der Waals surface area contributed by atoms with Crippen molar-refractivity contribution in [1.82, 2.24) is 9.97 Å². The standard InChI is InChI=1S/C7H9N3O/c1-4-9-6-5(2-3-8-6)7(11)10-4/h2-3H2,1H3,(H2,8,9,10,11). The number of fused-ring (bicyclic) bond motifs is 1. The molecule has 0 fully saturated rings. The van der Waals surface area contributed by atoms with E-state index in [1.807, 2.05) is 0 Å². The van der Waals surface area contributed by atoms with E-state index in [2.05, 4.69) is 15.3 Å². The molecule has 2 heterocycles. The van der Waals surface area contributed by atoms with E-state index in [4.69, 9.17) is 0 Å². The fourth-order valence-corrected chi connectivity index (χ4v) is 1.29. The quantitative estimate of drug-likeness (QED) is 0.550. The number of hydrogen-bond donors (Lipinski definition) is 2. The van der Waals surface area contributed by atoms with E-state index >= 15 is 0 Å². The van der Waals surface area contributed by atoms with Gasteiger partial charge in [-0.15, -0.1) is 0 Å². The minimum absolute atomic E-state index is 0.00231. The molecule has 0 aromatic carbocycles. The molecule has 4 heteroatoms. The molecular formula is C7H9N3O. The fraction of sp³-hybridized carbons (Fsp3) is 0.429. The maximum atomic E-state index is 11.2. The van der Waals surface area contributed by atoms with Gasteiger partial charge in [0.1, 0.15) is 11.6 Å². The van der Waals surface area contributed by atoms with Crippen molar-refractivity contribution in [2.45, 2.75) is 13.3 Å². The average Bonchev–Trinajstić information content (AvgIpc) is 2.34. The Bertz CT molecular complexity index is 342. The normalized spacial score (nSPS) is 14.3. The number of aryl methyl sites for hydroxylation is 1. The lowest BCUT2D eigenvalue weighted by Gasteiger charge is -1.97. The van der Waals surface area contributed by atoms with Crippen LogP contribution in [-0.2, 0) is 6.42 Å². The predicted molar refractivity (Wildman–Crippen MR) is 41.8 cm³/mol. The molecular weight excluding hydrogens is 142 g/mol. The van der Waals surface area contributed by atoms with Gasteiger partial charge in [0.15, 0.2) is 0 Å². The molecule has 4 nitrogen and oxygen atoms in total. The summed E-state index contributed by atoms with van der Waals surface area (Å²) in [6, 6.07) is 0. The van der Waals surface area contributed by atoms with Crippen molar-refractivity contribution < 1.29 is 0 Å². The third-order valence-electron chi connectivity index (χ3n) is 1.80. The highest BCUT2D eigenvalue weighted by Gasteiger charge is 2.14. The Morgan fingerprint density at radius 2 is 2.36 bits per heavy atom. The SMILES string of the molecule is Cc1nc2c(c(=O)[nH]1)CCN2. The van der Waals surface area contributed by atoms with E-state index in [0.29, 0.717) is 5.82 Å². The highest BCUT2D eigenvalue weighted by molar-refractivity contribution is 5.47. The highest BCUT2D eigenvalue weighted by Crippen LogP contribution is 2.13. The maximum absolute atomic E-state index is 11.2. The lowest BCUT2D eigenvalue weighted by molar-refractivity contribution is 0.995. The Labute approximate surface area is 63.7 Å². The van der Waals surface area contributed by atoms with Crippen molar-refractivity contribution in [3.8, 4) is 0 Å². The van der Waals surface area contributed by atoms with E-state index in [9.17, 15) is 4.79 Å². The molecule has 0 amide bonds. The van der Waals surface area contributed by atoms with Crippen LogP contribution in [0.15, 0.2) is 4.79 Å². The van der Waals surface area contributed by atoms with Crippen LogP contribution in [0.4, 0.5) is 5.82 Å². The Morgan fingerprint density at radius 1 is 1.55 bits per heavy atom. The first-order valence-electron chi connectivity index (χ1n) is 3.61. The Balaban J connectivity index is 2.70. The number of H-pyrrole nitrogens is 1. The first-order valence-corrected chi connectivity index (χ1v) is 3.61. The zero-order chi connectivity index (χ0) is 7.84. The average molecular weight is 151 g/mol. The van der Waals surface area contributed by atoms with Gasteiger partial charge in [0.05, 0.1) is 5.56 Å². The molecule has 0 saturated carbocycles. The fourth-order valence-electron chi connectivity index (χ4n) is 1.29. The molecule has 1 aliphatic heterocycles. The first kappa shape index (κ1) is 6.39. The number of anilines is 1. The highest BCUT2D eigenvalue weighted by atomic mass is 16.1. The Kier molecular flexibility index (Phi) is 1.21. The van der Waals surface area contributed by atoms with E-state index in [1.54, 1.807) is 6.92 Å². The predicted octanol–water partition coefficient (Wildman–Crippen LogP) is 0.0463. The third kappa shape index (κ3) is 0.906. The Hall–Kier alpha value is -1.32. The second-order valence-corrected chi connectivity index (χ2v) is 2.66. The summed E-state index contributed by atoms with van der Waals surface area (Å²) in [5.74, 6) is 1.43. The van der Waals surface area contributed by atoms with Crippen LogP contribution in [0.1, 0.15) is 11.4 Å². The lowest BCUT2D eigenvalue weighted by Crippen LogP contribution is -2.13. The molecule has 0 saturated heterocycles. The summed E-state index contributed by atoms with van der Waals surface area (Å²) in [7, 11) is 0. The largest absolute Gasteiger partial charge is 0.369 e. The molecule has 0 bridgehead atoms. The van der Waals surface area contributed by atoms with Crippen LogP contribution in [0.3, 0.4) is 0 Å². The van der Waals surface area contributed by atoms with E-state index < -0.39 is 0 Å². The lowest BCUT2D eigenvalue weighted by atomic mass is 10.3. The molecule has 1 aliphatic rings. The van der Waals surface area contributed by atoms with Crippen molar-refractivity contribution in [3.63, 3.8) is 0 Å². The van der Waals surface area contributed by atoms with Crippen LogP contribution in [0.2, 0.25) is 0 Å². The van der Waals surface area contributed by atoms with Gasteiger partial charge in [-0.2, -0.15) is 0 Å².